The predicted octanol–water partition coefficient (Wildman–Crippen LogP) is 1.71. The van der Waals surface area contributed by atoms with Gasteiger partial charge in [-0.05, 0) is 33.3 Å². The van der Waals surface area contributed by atoms with Crippen molar-refractivity contribution in [3.8, 4) is 0 Å². The molecule has 1 aliphatic heterocycles. The summed E-state index contributed by atoms with van der Waals surface area (Å²) < 4.78 is 10.4. The van der Waals surface area contributed by atoms with Gasteiger partial charge in [0.25, 0.3) is 0 Å². The van der Waals surface area contributed by atoms with E-state index in [9.17, 15) is 9.59 Å². The summed E-state index contributed by atoms with van der Waals surface area (Å²) in [6.45, 7) is 10.3. The highest BCUT2D eigenvalue weighted by atomic mass is 16.5. The highest BCUT2D eigenvalue weighted by Crippen LogP contribution is 2.21. The fraction of sp³-hybridized carbons (Fsp3) is 0.625. The molecule has 0 saturated carbocycles. The van der Waals surface area contributed by atoms with E-state index in [0.717, 1.165) is 13.1 Å². The Morgan fingerprint density at radius 1 is 1.32 bits per heavy atom. The molecule has 1 saturated heterocycles. The monoisotopic (exact) mass is 308 g/mol. The summed E-state index contributed by atoms with van der Waals surface area (Å²) in [6, 6.07) is -0.240. The molecule has 0 unspecified atom stereocenters. The number of morpholine rings is 1. The maximum Gasteiger partial charge on any atom is 0.340 e. The lowest BCUT2D eigenvalue weighted by atomic mass is 10.0. The van der Waals surface area contributed by atoms with E-state index in [2.05, 4.69) is 9.88 Å². The highest BCUT2D eigenvalue weighted by molar-refractivity contribution is 6.03. The first-order chi connectivity index (χ1) is 10.5. The van der Waals surface area contributed by atoms with Crippen molar-refractivity contribution < 1.29 is 19.1 Å². The summed E-state index contributed by atoms with van der Waals surface area (Å²) in [5, 5.41) is 0. The lowest BCUT2D eigenvalue weighted by Gasteiger charge is -2.31. The number of aromatic amines is 1. The van der Waals surface area contributed by atoms with Crippen molar-refractivity contribution in [2.75, 3.05) is 32.9 Å². The van der Waals surface area contributed by atoms with Crippen LogP contribution >= 0.6 is 0 Å². The molecule has 0 amide bonds. The number of carbonyl (C=O) groups excluding carboxylic acids is 2. The van der Waals surface area contributed by atoms with Crippen LogP contribution in [0.25, 0.3) is 0 Å². The first kappa shape index (κ1) is 16.7. The SMILES string of the molecule is CCOC(=O)c1c(C)[nH]c(C(=O)[C@@H](C)N2CCOCC2)c1C. The number of nitrogens with one attached hydrogen (secondary N) is 1. The Balaban J connectivity index is 2.23. The van der Waals surface area contributed by atoms with Crippen LogP contribution < -0.4 is 0 Å². The lowest BCUT2D eigenvalue weighted by molar-refractivity contribution is 0.0207. The van der Waals surface area contributed by atoms with Crippen LogP contribution in [0.1, 0.15) is 46.0 Å². The summed E-state index contributed by atoms with van der Waals surface area (Å²) in [5.41, 5.74) is 2.31. The number of carbonyl (C=O) groups is 2. The van der Waals surface area contributed by atoms with Gasteiger partial charge in [-0.15, -0.1) is 0 Å². The molecule has 0 bridgehead atoms. The molecule has 1 N–H and O–H groups in total. The average molecular weight is 308 g/mol. The maximum absolute atomic E-state index is 12.7. The van der Waals surface area contributed by atoms with Crippen LogP contribution in [0.2, 0.25) is 0 Å². The molecule has 2 rings (SSSR count). The van der Waals surface area contributed by atoms with Gasteiger partial charge in [0, 0.05) is 18.8 Å². The number of ketones is 1. The molecule has 22 heavy (non-hydrogen) atoms. The standard InChI is InChI=1S/C16H24N2O4/c1-5-22-16(20)13-10(2)14(17-11(13)3)15(19)12(4)18-6-8-21-9-7-18/h12,17H,5-9H2,1-4H3/t12-/m1/s1. The Labute approximate surface area is 130 Å². The maximum atomic E-state index is 12.7. The Morgan fingerprint density at radius 3 is 2.55 bits per heavy atom. The third-order valence-corrected chi connectivity index (χ3v) is 4.14. The Kier molecular flexibility index (Phi) is 5.37. The van der Waals surface area contributed by atoms with E-state index in [1.807, 2.05) is 6.92 Å². The number of hydrogen-bond donors (Lipinski definition) is 1. The molecule has 1 aromatic rings. The minimum Gasteiger partial charge on any atom is -0.462 e. The van der Waals surface area contributed by atoms with Crippen molar-refractivity contribution in [2.45, 2.75) is 33.7 Å². The van der Waals surface area contributed by atoms with Crippen LogP contribution in [0.5, 0.6) is 0 Å². The molecule has 1 aliphatic rings. The summed E-state index contributed by atoms with van der Waals surface area (Å²) in [4.78, 5) is 29.9. The molecule has 0 aliphatic carbocycles. The second kappa shape index (κ2) is 7.07. The van der Waals surface area contributed by atoms with Gasteiger partial charge in [-0.2, -0.15) is 0 Å². The summed E-state index contributed by atoms with van der Waals surface area (Å²) >= 11 is 0. The lowest BCUT2D eigenvalue weighted by Crippen LogP contribution is -2.46. The molecule has 122 valence electrons. The number of hydrogen-bond acceptors (Lipinski definition) is 5. The number of esters is 1. The van der Waals surface area contributed by atoms with Gasteiger partial charge in [-0.1, -0.05) is 0 Å². The molecule has 0 aromatic carbocycles. The number of ether oxygens (including phenoxy) is 2. The molecule has 0 spiro atoms. The molecule has 2 heterocycles. The molecule has 6 nitrogen and oxygen atoms in total. The van der Waals surface area contributed by atoms with Crippen LogP contribution in [-0.4, -0.2) is 60.6 Å². The number of Topliss-reactive ketones (excluding diaryl/α,β-unsaturated/α-hetero) is 1. The first-order valence-electron chi connectivity index (χ1n) is 7.69. The molecular weight excluding hydrogens is 284 g/mol. The Bertz CT molecular complexity index is 559. The van der Waals surface area contributed by atoms with Crippen LogP contribution in [0, 0.1) is 13.8 Å². The fourth-order valence-electron chi connectivity index (χ4n) is 2.85. The topological polar surface area (TPSA) is 71.6 Å². The van der Waals surface area contributed by atoms with Crippen molar-refractivity contribution in [3.05, 3.63) is 22.5 Å². The van der Waals surface area contributed by atoms with Gasteiger partial charge in [0.05, 0.1) is 37.1 Å². The third kappa shape index (κ3) is 3.23. The summed E-state index contributed by atoms with van der Waals surface area (Å²) in [6.07, 6.45) is 0. The molecule has 6 heteroatoms. The molecular formula is C16H24N2O4. The Morgan fingerprint density at radius 2 is 1.95 bits per heavy atom. The molecule has 1 fully saturated rings. The van der Waals surface area contributed by atoms with Crippen molar-refractivity contribution in [1.29, 1.82) is 0 Å². The molecule has 1 atom stereocenters. The van der Waals surface area contributed by atoms with Crippen molar-refractivity contribution in [3.63, 3.8) is 0 Å². The highest BCUT2D eigenvalue weighted by Gasteiger charge is 2.29. The van der Waals surface area contributed by atoms with Gasteiger partial charge in [0.2, 0.25) is 0 Å². The quantitative estimate of drug-likeness (QED) is 0.662. The molecule has 0 radical (unpaired) electrons. The van der Waals surface area contributed by atoms with E-state index in [-0.39, 0.29) is 17.8 Å². The second-order valence-electron chi connectivity index (χ2n) is 5.53. The van der Waals surface area contributed by atoms with Crippen LogP contribution in [0.4, 0.5) is 0 Å². The van der Waals surface area contributed by atoms with Crippen molar-refractivity contribution >= 4 is 11.8 Å². The van der Waals surface area contributed by atoms with Crippen LogP contribution in [0.3, 0.4) is 0 Å². The number of H-pyrrole nitrogens is 1. The minimum atomic E-state index is -0.383. The zero-order valence-corrected chi connectivity index (χ0v) is 13.7. The number of aryl methyl sites for hydroxylation is 1. The largest absolute Gasteiger partial charge is 0.462 e. The smallest absolute Gasteiger partial charge is 0.340 e. The van der Waals surface area contributed by atoms with E-state index in [0.29, 0.717) is 42.3 Å². The van der Waals surface area contributed by atoms with E-state index in [1.54, 1.807) is 20.8 Å². The summed E-state index contributed by atoms with van der Waals surface area (Å²) in [5.74, 6) is -0.384. The second-order valence-corrected chi connectivity index (χ2v) is 5.53. The van der Waals surface area contributed by atoms with Crippen molar-refractivity contribution in [1.82, 2.24) is 9.88 Å². The third-order valence-electron chi connectivity index (χ3n) is 4.14. The van der Waals surface area contributed by atoms with Gasteiger partial charge < -0.3 is 14.5 Å². The zero-order valence-electron chi connectivity index (χ0n) is 13.7. The van der Waals surface area contributed by atoms with E-state index >= 15 is 0 Å². The van der Waals surface area contributed by atoms with Gasteiger partial charge in [0.1, 0.15) is 0 Å². The Hall–Kier alpha value is -1.66. The van der Waals surface area contributed by atoms with Crippen LogP contribution in [0.15, 0.2) is 0 Å². The van der Waals surface area contributed by atoms with Crippen molar-refractivity contribution in [2.24, 2.45) is 0 Å². The minimum absolute atomic E-state index is 0.00181. The normalized spacial score (nSPS) is 17.3. The van der Waals surface area contributed by atoms with Crippen LogP contribution in [-0.2, 0) is 9.47 Å². The molecule has 1 aromatic heterocycles. The van der Waals surface area contributed by atoms with Gasteiger partial charge in [-0.25, -0.2) is 4.79 Å². The average Bonchev–Trinajstić information content (AvgIpc) is 2.81. The zero-order chi connectivity index (χ0) is 16.3. The van der Waals surface area contributed by atoms with E-state index in [1.165, 1.54) is 0 Å². The van der Waals surface area contributed by atoms with Gasteiger partial charge in [-0.3, -0.25) is 9.69 Å². The first-order valence-corrected chi connectivity index (χ1v) is 7.69. The number of aromatic nitrogens is 1. The van der Waals surface area contributed by atoms with Gasteiger partial charge in [0.15, 0.2) is 5.78 Å². The summed E-state index contributed by atoms with van der Waals surface area (Å²) in [7, 11) is 0. The van der Waals surface area contributed by atoms with E-state index < -0.39 is 0 Å². The fourth-order valence-corrected chi connectivity index (χ4v) is 2.85. The van der Waals surface area contributed by atoms with Gasteiger partial charge >= 0.3 is 5.97 Å². The van der Waals surface area contributed by atoms with E-state index in [4.69, 9.17) is 9.47 Å². The number of rotatable bonds is 5. The predicted molar refractivity (Wildman–Crippen MR) is 82.4 cm³/mol. The number of nitrogens with zero attached hydrogens (tertiary/aromatic N) is 1.